The van der Waals surface area contributed by atoms with E-state index in [1.165, 1.54) is 23.8 Å². The van der Waals surface area contributed by atoms with Gasteiger partial charge in [-0.15, -0.1) is 0 Å². The fraction of sp³-hybridized carbons (Fsp3) is 0.462. The van der Waals surface area contributed by atoms with E-state index < -0.39 is 5.82 Å². The number of halogens is 3. The maximum absolute atomic E-state index is 13.6. The van der Waals surface area contributed by atoms with Crippen molar-refractivity contribution in [2.24, 2.45) is 5.41 Å². The van der Waals surface area contributed by atoms with Crippen LogP contribution < -0.4 is 10.1 Å². The molecule has 0 radical (unpaired) electrons. The third-order valence-electron chi connectivity index (χ3n) is 7.88. The Balaban J connectivity index is 1.12. The standard InChI is InChI=1S/C26H27Cl2FN2O3/c27-19-3-1-17(2-4-19)18-14-31(15-18)24(33)25-7-10-26(11-8-25,12-9-25)30-23(32)16-34-20-5-6-21(28)22(29)13-20/h1-6,13,18H,7-12,14-16H2,(H,30,32). The zero-order chi connectivity index (χ0) is 23.9. The molecule has 180 valence electrons. The molecule has 1 N–H and O–H groups in total. The number of likely N-dealkylation sites (tertiary alicyclic amines) is 1. The van der Waals surface area contributed by atoms with Gasteiger partial charge >= 0.3 is 0 Å². The summed E-state index contributed by atoms with van der Waals surface area (Å²) in [5.74, 6) is 0.0886. The summed E-state index contributed by atoms with van der Waals surface area (Å²) in [6, 6.07) is 12.0. The van der Waals surface area contributed by atoms with Crippen LogP contribution in [0, 0.1) is 11.2 Å². The number of amides is 2. The Morgan fingerprint density at radius 2 is 1.65 bits per heavy atom. The molecule has 3 aliphatic carbocycles. The predicted molar refractivity (Wildman–Crippen MR) is 129 cm³/mol. The number of carbonyl (C=O) groups is 2. The maximum Gasteiger partial charge on any atom is 0.258 e. The van der Waals surface area contributed by atoms with Crippen LogP contribution in [0.4, 0.5) is 4.39 Å². The molecule has 3 saturated carbocycles. The van der Waals surface area contributed by atoms with Crippen LogP contribution in [0.2, 0.25) is 10.0 Å². The van der Waals surface area contributed by atoms with Gasteiger partial charge in [-0.3, -0.25) is 9.59 Å². The predicted octanol–water partition coefficient (Wildman–Crippen LogP) is 5.35. The van der Waals surface area contributed by atoms with Crippen LogP contribution in [-0.2, 0) is 9.59 Å². The summed E-state index contributed by atoms with van der Waals surface area (Å²) in [5, 5.41) is 3.88. The lowest BCUT2D eigenvalue weighted by atomic mass is 9.56. The molecule has 2 bridgehead atoms. The van der Waals surface area contributed by atoms with Crippen molar-refractivity contribution in [2.75, 3.05) is 19.7 Å². The van der Waals surface area contributed by atoms with Crippen molar-refractivity contribution in [3.05, 3.63) is 63.9 Å². The smallest absolute Gasteiger partial charge is 0.258 e. The van der Waals surface area contributed by atoms with Gasteiger partial charge in [0.15, 0.2) is 6.61 Å². The molecule has 0 spiro atoms. The summed E-state index contributed by atoms with van der Waals surface area (Å²) in [6.45, 7) is 1.33. The molecule has 1 aliphatic heterocycles. The number of hydrogen-bond donors (Lipinski definition) is 1. The van der Waals surface area contributed by atoms with Gasteiger partial charge in [-0.05, 0) is 68.4 Å². The second kappa shape index (κ2) is 9.04. The second-order valence-corrected chi connectivity index (χ2v) is 10.8. The van der Waals surface area contributed by atoms with Gasteiger partial charge in [0, 0.05) is 41.1 Å². The molecular weight excluding hydrogens is 478 g/mol. The highest BCUT2D eigenvalue weighted by Gasteiger charge is 2.55. The molecule has 0 unspecified atom stereocenters. The van der Waals surface area contributed by atoms with Crippen molar-refractivity contribution in [1.29, 1.82) is 0 Å². The van der Waals surface area contributed by atoms with Crippen molar-refractivity contribution in [2.45, 2.75) is 50.0 Å². The number of fused-ring (bicyclic) bond motifs is 3. The van der Waals surface area contributed by atoms with Crippen LogP contribution in [0.3, 0.4) is 0 Å². The Labute approximate surface area is 208 Å². The molecule has 0 atom stereocenters. The van der Waals surface area contributed by atoms with Crippen LogP contribution in [0.15, 0.2) is 42.5 Å². The molecule has 2 aromatic carbocycles. The minimum absolute atomic E-state index is 0.0110. The topological polar surface area (TPSA) is 58.6 Å². The summed E-state index contributed by atoms with van der Waals surface area (Å²) < 4.78 is 19.0. The van der Waals surface area contributed by atoms with E-state index in [1.54, 1.807) is 0 Å². The lowest BCUT2D eigenvalue weighted by molar-refractivity contribution is -0.155. The van der Waals surface area contributed by atoms with Crippen molar-refractivity contribution >= 4 is 35.0 Å². The van der Waals surface area contributed by atoms with E-state index in [9.17, 15) is 14.0 Å². The normalized spacial score (nSPS) is 26.1. The zero-order valence-electron chi connectivity index (χ0n) is 18.8. The van der Waals surface area contributed by atoms with E-state index in [0.717, 1.165) is 56.6 Å². The first kappa shape index (κ1) is 23.4. The van der Waals surface area contributed by atoms with E-state index >= 15 is 0 Å². The fourth-order valence-corrected chi connectivity index (χ4v) is 5.91. The largest absolute Gasteiger partial charge is 0.484 e. The lowest BCUT2D eigenvalue weighted by Gasteiger charge is -2.55. The minimum Gasteiger partial charge on any atom is -0.484 e. The van der Waals surface area contributed by atoms with E-state index in [-0.39, 0.29) is 40.1 Å². The van der Waals surface area contributed by atoms with Crippen molar-refractivity contribution < 1.29 is 18.7 Å². The SMILES string of the molecule is O=C(COc1ccc(Cl)c(F)c1)NC12CCC(C(=O)N3CC(c4ccc(Cl)cc4)C3)(CC1)CC2. The highest BCUT2D eigenvalue weighted by Crippen LogP contribution is 2.54. The number of carbonyl (C=O) groups excluding carboxylic acids is 2. The van der Waals surface area contributed by atoms with Gasteiger partial charge in [0.05, 0.1) is 5.02 Å². The molecule has 1 saturated heterocycles. The Kier molecular flexibility index (Phi) is 6.23. The van der Waals surface area contributed by atoms with Crippen LogP contribution in [0.25, 0.3) is 0 Å². The second-order valence-electron chi connectivity index (χ2n) is 9.93. The van der Waals surface area contributed by atoms with Crippen LogP contribution in [0.1, 0.15) is 50.0 Å². The number of benzene rings is 2. The quantitative estimate of drug-likeness (QED) is 0.576. The first-order chi connectivity index (χ1) is 16.3. The number of nitrogens with one attached hydrogen (secondary N) is 1. The lowest BCUT2D eigenvalue weighted by Crippen LogP contribution is -2.62. The highest BCUT2D eigenvalue weighted by atomic mass is 35.5. The Bertz CT molecular complexity index is 1080. The van der Waals surface area contributed by atoms with Gasteiger partial charge in [-0.2, -0.15) is 0 Å². The van der Waals surface area contributed by atoms with Gasteiger partial charge in [-0.1, -0.05) is 35.3 Å². The number of rotatable bonds is 6. The summed E-state index contributed by atoms with van der Waals surface area (Å²) >= 11 is 11.7. The Morgan fingerprint density at radius 1 is 1.00 bits per heavy atom. The molecule has 2 aromatic rings. The zero-order valence-corrected chi connectivity index (χ0v) is 20.3. The maximum atomic E-state index is 13.6. The average Bonchev–Trinajstić information content (AvgIpc) is 2.81. The molecule has 2 amide bonds. The first-order valence-corrected chi connectivity index (χ1v) is 12.5. The molecule has 6 rings (SSSR count). The molecule has 4 fully saturated rings. The molecule has 5 nitrogen and oxygen atoms in total. The van der Waals surface area contributed by atoms with Gasteiger partial charge in [0.2, 0.25) is 5.91 Å². The van der Waals surface area contributed by atoms with Crippen LogP contribution >= 0.6 is 23.2 Å². The van der Waals surface area contributed by atoms with Crippen LogP contribution in [0.5, 0.6) is 5.75 Å². The van der Waals surface area contributed by atoms with Gasteiger partial charge in [0.1, 0.15) is 11.6 Å². The van der Waals surface area contributed by atoms with E-state index in [0.29, 0.717) is 5.92 Å². The third kappa shape index (κ3) is 4.50. The molecule has 1 heterocycles. The van der Waals surface area contributed by atoms with Crippen molar-refractivity contribution in [1.82, 2.24) is 10.2 Å². The molecule has 34 heavy (non-hydrogen) atoms. The van der Waals surface area contributed by atoms with E-state index in [2.05, 4.69) is 5.32 Å². The molecular formula is C26H27Cl2FN2O3. The summed E-state index contributed by atoms with van der Waals surface area (Å²) in [5.41, 5.74) is 0.645. The average molecular weight is 505 g/mol. The van der Waals surface area contributed by atoms with Crippen molar-refractivity contribution in [3.63, 3.8) is 0 Å². The van der Waals surface area contributed by atoms with E-state index in [4.69, 9.17) is 27.9 Å². The number of nitrogens with zero attached hydrogens (tertiary/aromatic N) is 1. The Morgan fingerprint density at radius 3 is 2.26 bits per heavy atom. The summed E-state index contributed by atoms with van der Waals surface area (Å²) in [6.07, 6.45) is 4.73. The monoisotopic (exact) mass is 504 g/mol. The highest BCUT2D eigenvalue weighted by molar-refractivity contribution is 6.30. The third-order valence-corrected chi connectivity index (χ3v) is 8.43. The van der Waals surface area contributed by atoms with E-state index in [1.807, 2.05) is 29.2 Å². The molecule has 4 aliphatic rings. The number of hydrogen-bond acceptors (Lipinski definition) is 3. The summed E-state index contributed by atoms with van der Waals surface area (Å²) in [7, 11) is 0. The van der Waals surface area contributed by atoms with Gasteiger partial charge in [-0.25, -0.2) is 4.39 Å². The first-order valence-electron chi connectivity index (χ1n) is 11.7. The van der Waals surface area contributed by atoms with Crippen LogP contribution in [-0.4, -0.2) is 41.9 Å². The fourth-order valence-electron chi connectivity index (χ4n) is 5.67. The van der Waals surface area contributed by atoms with Gasteiger partial charge in [0.25, 0.3) is 5.91 Å². The van der Waals surface area contributed by atoms with Gasteiger partial charge < -0.3 is 15.0 Å². The summed E-state index contributed by atoms with van der Waals surface area (Å²) in [4.78, 5) is 27.9. The minimum atomic E-state index is -0.583. The molecule has 0 aromatic heterocycles. The van der Waals surface area contributed by atoms with Crippen molar-refractivity contribution in [3.8, 4) is 5.75 Å². The number of ether oxygens (including phenoxy) is 1. The Hall–Kier alpha value is -2.31. The molecule has 8 heteroatoms.